The number of hydrogen-bond acceptors (Lipinski definition) is 6. The summed E-state index contributed by atoms with van der Waals surface area (Å²) in [6.45, 7) is 1.93. The minimum atomic E-state index is -3.28. The quantitative estimate of drug-likeness (QED) is 0.308. The summed E-state index contributed by atoms with van der Waals surface area (Å²) in [4.78, 5) is 8.85. The number of nitrogens with two attached hydrogens (primary N) is 1. The number of benzene rings is 1. The maximum atomic E-state index is 15.3. The molecule has 4 aromatic rings. The molecule has 0 aliphatic heterocycles. The Morgan fingerprint density at radius 1 is 1.07 bits per heavy atom. The Bertz CT molecular complexity index is 1720. The molecule has 7 nitrogen and oxygen atoms in total. The Morgan fingerprint density at radius 3 is 2.45 bits per heavy atom. The number of pyridine rings is 1. The van der Waals surface area contributed by atoms with Gasteiger partial charge in [0.15, 0.2) is 9.84 Å². The van der Waals surface area contributed by atoms with E-state index < -0.39 is 38.4 Å². The van der Waals surface area contributed by atoms with E-state index in [-0.39, 0.29) is 41.5 Å². The molecule has 3 heterocycles. The number of alkyl halides is 1. The Hall–Kier alpha value is -3.31. The first-order valence-corrected chi connectivity index (χ1v) is 16.3. The maximum Gasteiger partial charge on any atom is 0.152 e. The zero-order valence-electron chi connectivity index (χ0n) is 23.6. The van der Waals surface area contributed by atoms with Crippen molar-refractivity contribution in [2.24, 2.45) is 11.7 Å². The fraction of sp³-hybridized carbons (Fsp3) is 0.452. The fourth-order valence-electron chi connectivity index (χ4n) is 7.20. The van der Waals surface area contributed by atoms with Crippen LogP contribution in [0.15, 0.2) is 48.9 Å². The molecular formula is C31H34F3N5O2S. The molecule has 2 N–H and O–H groups in total. The van der Waals surface area contributed by atoms with Gasteiger partial charge in [0.2, 0.25) is 0 Å². The van der Waals surface area contributed by atoms with Crippen molar-refractivity contribution >= 4 is 15.4 Å². The first-order valence-electron chi connectivity index (χ1n) is 14.3. The molecule has 0 bridgehead atoms. The number of nitrogens with zero attached hydrogens (tertiary/aromatic N) is 4. The topological polar surface area (TPSA) is 103 Å². The van der Waals surface area contributed by atoms with Crippen LogP contribution in [-0.4, -0.2) is 45.5 Å². The average molecular weight is 598 g/mol. The van der Waals surface area contributed by atoms with Crippen LogP contribution in [0.1, 0.15) is 73.9 Å². The number of halogens is 3. The number of rotatable bonds is 6. The lowest BCUT2D eigenvalue weighted by molar-refractivity contribution is 0.173. The van der Waals surface area contributed by atoms with Crippen LogP contribution >= 0.6 is 0 Å². The highest BCUT2D eigenvalue weighted by Gasteiger charge is 2.40. The van der Waals surface area contributed by atoms with Gasteiger partial charge in [-0.3, -0.25) is 4.98 Å². The smallest absolute Gasteiger partial charge is 0.152 e. The maximum absolute atomic E-state index is 15.3. The third-order valence-electron chi connectivity index (χ3n) is 9.09. The molecule has 0 unspecified atom stereocenters. The lowest BCUT2D eigenvalue weighted by Gasteiger charge is -2.38. The van der Waals surface area contributed by atoms with Crippen LogP contribution < -0.4 is 5.73 Å². The predicted octanol–water partition coefficient (Wildman–Crippen LogP) is 5.65. The second kappa shape index (κ2) is 10.8. The highest BCUT2D eigenvalue weighted by molar-refractivity contribution is 7.91. The lowest BCUT2D eigenvalue weighted by atomic mass is 9.75. The van der Waals surface area contributed by atoms with E-state index in [1.807, 2.05) is 13.0 Å². The summed E-state index contributed by atoms with van der Waals surface area (Å²) in [6.07, 6.45) is 9.79. The van der Waals surface area contributed by atoms with Crippen LogP contribution in [-0.2, 0) is 21.9 Å². The van der Waals surface area contributed by atoms with Crippen molar-refractivity contribution in [2.45, 2.75) is 74.7 Å². The zero-order valence-corrected chi connectivity index (χ0v) is 24.4. The number of sulfone groups is 1. The first-order chi connectivity index (χ1) is 19.9. The highest BCUT2D eigenvalue weighted by atomic mass is 32.2. The molecule has 222 valence electrons. The van der Waals surface area contributed by atoms with Gasteiger partial charge in [-0.05, 0) is 97.4 Å². The van der Waals surface area contributed by atoms with Crippen LogP contribution in [0.5, 0.6) is 0 Å². The highest BCUT2D eigenvalue weighted by Crippen LogP contribution is 2.44. The van der Waals surface area contributed by atoms with E-state index in [1.54, 1.807) is 29.2 Å². The molecule has 11 heteroatoms. The summed E-state index contributed by atoms with van der Waals surface area (Å²) in [5.74, 6) is -1.22. The molecule has 6 rings (SSSR count). The van der Waals surface area contributed by atoms with E-state index in [0.717, 1.165) is 23.3 Å². The summed E-state index contributed by atoms with van der Waals surface area (Å²) in [7, 11) is -3.28. The molecule has 2 aliphatic rings. The molecule has 3 aromatic heterocycles. The van der Waals surface area contributed by atoms with Crippen LogP contribution in [0, 0.1) is 17.6 Å². The second-order valence-electron chi connectivity index (χ2n) is 12.1. The van der Waals surface area contributed by atoms with Gasteiger partial charge >= 0.3 is 0 Å². The van der Waals surface area contributed by atoms with Crippen molar-refractivity contribution in [3.63, 3.8) is 0 Å². The van der Waals surface area contributed by atoms with Gasteiger partial charge in [-0.15, -0.1) is 0 Å². The molecule has 4 atom stereocenters. The van der Waals surface area contributed by atoms with Crippen molar-refractivity contribution in [3.8, 4) is 11.3 Å². The van der Waals surface area contributed by atoms with Crippen LogP contribution in [0.3, 0.4) is 0 Å². The first kappa shape index (κ1) is 28.8. The molecule has 0 radical (unpaired) electrons. The van der Waals surface area contributed by atoms with Gasteiger partial charge in [-0.25, -0.2) is 31.1 Å². The predicted molar refractivity (Wildman–Crippen MR) is 154 cm³/mol. The van der Waals surface area contributed by atoms with Crippen molar-refractivity contribution in [3.05, 3.63) is 83.1 Å². The van der Waals surface area contributed by atoms with Crippen LogP contribution in [0.25, 0.3) is 16.8 Å². The molecule has 2 fully saturated rings. The fourth-order valence-corrected chi connectivity index (χ4v) is 8.90. The molecule has 2 saturated carbocycles. The largest absolute Gasteiger partial charge is 0.326 e. The van der Waals surface area contributed by atoms with Crippen molar-refractivity contribution in [1.29, 1.82) is 0 Å². The van der Waals surface area contributed by atoms with E-state index in [4.69, 9.17) is 5.73 Å². The monoisotopic (exact) mass is 597 g/mol. The Labute approximate surface area is 243 Å². The van der Waals surface area contributed by atoms with Crippen LogP contribution in [0.2, 0.25) is 0 Å². The summed E-state index contributed by atoms with van der Waals surface area (Å²) < 4.78 is 72.1. The number of aromatic nitrogens is 4. The average Bonchev–Trinajstić information content (AvgIpc) is 3.54. The summed E-state index contributed by atoms with van der Waals surface area (Å²) in [5, 5.41) is 3.96. The molecule has 1 aromatic carbocycles. The lowest BCUT2D eigenvalue weighted by Crippen LogP contribution is -2.48. The molecule has 2 aliphatic carbocycles. The summed E-state index contributed by atoms with van der Waals surface area (Å²) >= 11 is 0. The van der Waals surface area contributed by atoms with E-state index in [2.05, 4.69) is 15.1 Å². The second-order valence-corrected chi connectivity index (χ2v) is 14.3. The van der Waals surface area contributed by atoms with E-state index in [1.165, 1.54) is 12.3 Å². The van der Waals surface area contributed by atoms with E-state index in [9.17, 15) is 8.42 Å². The van der Waals surface area contributed by atoms with Crippen molar-refractivity contribution < 1.29 is 21.6 Å². The summed E-state index contributed by atoms with van der Waals surface area (Å²) in [5.41, 5.74) is 7.05. The Morgan fingerprint density at radius 2 is 1.79 bits per heavy atom. The van der Waals surface area contributed by atoms with Gasteiger partial charge in [0, 0.05) is 31.1 Å². The number of hydrogen-bond donors (Lipinski definition) is 1. The molecule has 0 amide bonds. The molecule has 0 spiro atoms. The zero-order chi connectivity index (χ0) is 29.8. The van der Waals surface area contributed by atoms with Gasteiger partial charge in [-0.1, -0.05) is 6.92 Å². The third-order valence-corrected chi connectivity index (χ3v) is 10.9. The third kappa shape index (κ3) is 5.21. The standard InChI is InChI=1S/C31H34F3N5O2S/c1-18-11-19(12-26(35)30(18)42(2,40)41)23-7-10-36-16-20(23)13-28-37-17-22-5-6-27(38-39(22)28)29-24(32)14-21(15-25(29)33)31(34)8-3-4-9-31/h5-7,10,14-19,26,30H,3-4,8-9,11-13,35H2,1-2H3/t18-,19+,26+,30-/m0/s1. The number of imidazole rings is 1. The van der Waals surface area contributed by atoms with Crippen molar-refractivity contribution in [2.75, 3.05) is 6.26 Å². The minimum Gasteiger partial charge on any atom is -0.326 e. The Balaban J connectivity index is 1.32. The van der Waals surface area contributed by atoms with Gasteiger partial charge in [0.05, 0.1) is 28.2 Å². The van der Waals surface area contributed by atoms with Crippen LogP contribution in [0.4, 0.5) is 13.2 Å². The summed E-state index contributed by atoms with van der Waals surface area (Å²) in [6, 6.07) is 6.86. The number of fused-ring (bicyclic) bond motifs is 1. The SMILES string of the molecule is C[C@H]1C[C@@H](c2ccncc2Cc2ncc3ccc(-c4c(F)cc(C5(F)CCCC5)cc4F)nn23)C[C@@H](N)[C@H]1S(C)(=O)=O. The van der Waals surface area contributed by atoms with Gasteiger partial charge in [-0.2, -0.15) is 5.10 Å². The van der Waals surface area contributed by atoms with Crippen molar-refractivity contribution in [1.82, 2.24) is 19.6 Å². The molecule has 0 saturated heterocycles. The van der Waals surface area contributed by atoms with Gasteiger partial charge < -0.3 is 5.73 Å². The normalized spacial score (nSPS) is 24.3. The molecule has 42 heavy (non-hydrogen) atoms. The van der Waals surface area contributed by atoms with E-state index >= 15 is 13.2 Å². The molecular weight excluding hydrogens is 563 g/mol. The minimum absolute atomic E-state index is 0.0341. The van der Waals surface area contributed by atoms with E-state index in [0.29, 0.717) is 43.4 Å². The van der Waals surface area contributed by atoms with Gasteiger partial charge in [0.1, 0.15) is 23.1 Å². The Kier molecular flexibility index (Phi) is 7.37. The van der Waals surface area contributed by atoms with Gasteiger partial charge in [0.25, 0.3) is 0 Å².